The average molecular weight is 540 g/mol. The van der Waals surface area contributed by atoms with E-state index in [4.69, 9.17) is 14.5 Å². The number of hydrogen-bond acceptors (Lipinski definition) is 6. The van der Waals surface area contributed by atoms with Crippen LogP contribution in [-0.2, 0) is 19.1 Å². The maximum absolute atomic E-state index is 14.1. The molecule has 1 atom stereocenters. The number of carbonyl (C=O) groups is 2. The summed E-state index contributed by atoms with van der Waals surface area (Å²) in [5.74, 6) is -2.19. The van der Waals surface area contributed by atoms with Gasteiger partial charge in [0.25, 0.3) is 0 Å². The first kappa shape index (κ1) is 25.7. The summed E-state index contributed by atoms with van der Waals surface area (Å²) in [5.41, 5.74) is 0.758. The normalized spacial score (nSPS) is 12.1. The average Bonchev–Trinajstić information content (AvgIpc) is 3.42. The van der Waals surface area contributed by atoms with Crippen molar-refractivity contribution in [2.45, 2.75) is 5.92 Å². The van der Waals surface area contributed by atoms with Crippen molar-refractivity contribution in [3.8, 4) is 0 Å². The molecule has 1 heterocycles. The minimum absolute atomic E-state index is 0.328. The summed E-state index contributed by atoms with van der Waals surface area (Å²) >= 11 is 1.38. The van der Waals surface area contributed by atoms with Gasteiger partial charge in [0.1, 0.15) is 10.9 Å². The first-order chi connectivity index (χ1) is 18.6. The molecule has 38 heavy (non-hydrogen) atoms. The number of para-hydroxylation sites is 1. The lowest BCUT2D eigenvalue weighted by atomic mass is 10.1. The molecule has 5 aromatic rings. The van der Waals surface area contributed by atoms with E-state index >= 15 is 0 Å². The number of nitrogens with zero attached hydrogens (tertiary/aromatic N) is 1. The molecule has 0 amide bonds. The third-order valence-electron chi connectivity index (χ3n) is 6.45. The highest BCUT2D eigenvalue weighted by Crippen LogP contribution is 2.50. The molecular formula is C31H26NO4PS. The van der Waals surface area contributed by atoms with E-state index in [1.165, 1.54) is 25.6 Å². The van der Waals surface area contributed by atoms with Crippen LogP contribution in [0.2, 0.25) is 0 Å². The monoisotopic (exact) mass is 539 g/mol. The number of benzene rings is 4. The van der Waals surface area contributed by atoms with Crippen LogP contribution in [0.1, 0.15) is 10.9 Å². The van der Waals surface area contributed by atoms with Crippen molar-refractivity contribution in [2.24, 2.45) is 0 Å². The second kappa shape index (κ2) is 11.2. The van der Waals surface area contributed by atoms with Crippen molar-refractivity contribution in [1.82, 2.24) is 4.98 Å². The van der Waals surface area contributed by atoms with Crippen molar-refractivity contribution in [3.63, 3.8) is 0 Å². The van der Waals surface area contributed by atoms with E-state index in [-0.39, 0.29) is 0 Å². The fraction of sp³-hybridized carbons (Fsp3) is 0.0968. The van der Waals surface area contributed by atoms with Gasteiger partial charge in [-0.2, -0.15) is 0 Å². The minimum atomic E-state index is -2.96. The number of hydrogen-bond donors (Lipinski definition) is 0. The number of thiazole rings is 1. The van der Waals surface area contributed by atoms with Crippen LogP contribution in [0.25, 0.3) is 10.2 Å². The van der Waals surface area contributed by atoms with Gasteiger partial charge in [0, 0.05) is 0 Å². The third kappa shape index (κ3) is 4.47. The summed E-state index contributed by atoms with van der Waals surface area (Å²) in [7, 11) is 2.69. The zero-order chi connectivity index (χ0) is 26.5. The summed E-state index contributed by atoms with van der Waals surface area (Å²) in [6.45, 7) is -2.96. The Labute approximate surface area is 225 Å². The van der Waals surface area contributed by atoms with Crippen LogP contribution in [0.3, 0.4) is 0 Å². The lowest BCUT2D eigenvalue weighted by molar-refractivity contribution is -0.142. The van der Waals surface area contributed by atoms with E-state index in [0.717, 1.165) is 26.1 Å². The number of methoxy groups -OCH3 is 2. The van der Waals surface area contributed by atoms with Crippen molar-refractivity contribution in [3.05, 3.63) is 120 Å². The molecule has 1 aromatic heterocycles. The van der Waals surface area contributed by atoms with Gasteiger partial charge in [0.2, 0.25) is 0 Å². The Morgan fingerprint density at radius 1 is 0.684 bits per heavy atom. The third-order valence-corrected chi connectivity index (χ3v) is 11.9. The molecule has 4 aromatic carbocycles. The van der Waals surface area contributed by atoms with Crippen LogP contribution in [0, 0.1) is 0 Å². The maximum Gasteiger partial charge on any atom is 0.336 e. The summed E-state index contributed by atoms with van der Waals surface area (Å²) in [6, 6.07) is 37.3. The molecule has 5 nitrogen and oxygen atoms in total. The molecule has 0 bridgehead atoms. The highest BCUT2D eigenvalue weighted by atomic mass is 32.1. The fourth-order valence-corrected chi connectivity index (χ4v) is 10.6. The van der Waals surface area contributed by atoms with Gasteiger partial charge in [0.15, 0.2) is 0 Å². The summed E-state index contributed by atoms with van der Waals surface area (Å²) < 4.78 is 11.8. The molecule has 0 N–H and O–H groups in total. The minimum Gasteiger partial charge on any atom is -0.468 e. The number of ether oxygens (including phenoxy) is 2. The number of aromatic nitrogens is 1. The number of esters is 2. The van der Waals surface area contributed by atoms with E-state index in [1.807, 2.05) is 115 Å². The van der Waals surface area contributed by atoms with Gasteiger partial charge in [-0.25, -0.2) is 9.78 Å². The molecule has 0 radical (unpaired) electrons. The lowest BCUT2D eigenvalue weighted by Crippen LogP contribution is -2.39. The molecule has 7 heteroatoms. The van der Waals surface area contributed by atoms with Crippen molar-refractivity contribution in [2.75, 3.05) is 14.2 Å². The number of fused-ring (bicyclic) bond motifs is 1. The standard InChI is InChI=1S/C31H26NO4PS/c1-35-30(33)27(29-32-25-20-12-13-21-26(25)38-29)28(31(34)36-2)37(22-14-6-3-7-15-22,23-16-8-4-9-17-23)24-18-10-5-11-19-24/h3-21,27H,1-2H3. The van der Waals surface area contributed by atoms with Crippen molar-refractivity contribution >= 4 is 61.6 Å². The predicted octanol–water partition coefficient (Wildman–Crippen LogP) is 4.89. The lowest BCUT2D eigenvalue weighted by Gasteiger charge is -2.33. The fourth-order valence-electron chi connectivity index (χ4n) is 4.83. The zero-order valence-electron chi connectivity index (χ0n) is 21.0. The van der Waals surface area contributed by atoms with E-state index in [0.29, 0.717) is 10.3 Å². The molecule has 0 spiro atoms. The summed E-state index contributed by atoms with van der Waals surface area (Å²) in [5, 5.41) is 3.59. The van der Waals surface area contributed by atoms with Gasteiger partial charge in [-0.05, 0) is 34.9 Å². The molecule has 0 aliphatic heterocycles. The molecule has 5 rings (SSSR count). The Morgan fingerprint density at radius 3 is 1.61 bits per heavy atom. The van der Waals surface area contributed by atoms with E-state index < -0.39 is 24.7 Å². The Hall–Kier alpha value is -3.99. The quantitative estimate of drug-likeness (QED) is 0.218. The number of rotatable bonds is 7. The largest absolute Gasteiger partial charge is 0.468 e. The zero-order valence-corrected chi connectivity index (χ0v) is 22.7. The molecule has 0 aliphatic rings. The first-order valence-electron chi connectivity index (χ1n) is 12.1. The van der Waals surface area contributed by atoms with Crippen LogP contribution < -0.4 is 15.9 Å². The van der Waals surface area contributed by atoms with Crippen LogP contribution in [0.5, 0.6) is 0 Å². The van der Waals surface area contributed by atoms with Gasteiger partial charge in [-0.1, -0.05) is 103 Å². The Morgan fingerprint density at radius 2 is 1.16 bits per heavy atom. The predicted molar refractivity (Wildman–Crippen MR) is 157 cm³/mol. The van der Waals surface area contributed by atoms with Crippen LogP contribution >= 0.6 is 18.2 Å². The molecule has 0 saturated carbocycles. The smallest absolute Gasteiger partial charge is 0.336 e. The van der Waals surface area contributed by atoms with Crippen LogP contribution in [-0.4, -0.2) is 36.4 Å². The molecule has 0 saturated heterocycles. The second-order valence-corrected chi connectivity index (χ2v) is 13.0. The van der Waals surface area contributed by atoms with Crippen molar-refractivity contribution < 1.29 is 19.1 Å². The van der Waals surface area contributed by atoms with Crippen LogP contribution in [0.15, 0.2) is 115 Å². The topological polar surface area (TPSA) is 65.5 Å². The van der Waals surface area contributed by atoms with Crippen LogP contribution in [0.4, 0.5) is 0 Å². The van der Waals surface area contributed by atoms with E-state index in [2.05, 4.69) is 0 Å². The molecule has 0 aliphatic carbocycles. The first-order valence-corrected chi connectivity index (χ1v) is 14.7. The van der Waals surface area contributed by atoms with Gasteiger partial charge in [-0.15, -0.1) is 11.3 Å². The highest BCUT2D eigenvalue weighted by molar-refractivity contribution is 7.96. The molecule has 0 fully saturated rings. The Bertz CT molecular complexity index is 1500. The van der Waals surface area contributed by atoms with E-state index in [1.54, 1.807) is 0 Å². The van der Waals surface area contributed by atoms with Gasteiger partial charge < -0.3 is 9.47 Å². The summed E-state index contributed by atoms with van der Waals surface area (Å²) in [4.78, 5) is 32.6. The second-order valence-electron chi connectivity index (χ2n) is 8.53. The molecule has 190 valence electrons. The molecular weight excluding hydrogens is 513 g/mol. The van der Waals surface area contributed by atoms with Crippen molar-refractivity contribution in [1.29, 1.82) is 0 Å². The summed E-state index contributed by atoms with van der Waals surface area (Å²) in [6.07, 6.45) is 0. The Balaban J connectivity index is 2.04. The highest BCUT2D eigenvalue weighted by Gasteiger charge is 2.43. The van der Waals surface area contributed by atoms with Gasteiger partial charge in [0.05, 0.1) is 29.7 Å². The Kier molecular flexibility index (Phi) is 7.54. The SMILES string of the molecule is COC(=O)C(C(C(=O)OC)c1nc2ccccc2s1)=P(c1ccccc1)(c1ccccc1)c1ccccc1. The van der Waals surface area contributed by atoms with Gasteiger partial charge >= 0.3 is 11.9 Å². The number of carbonyl (C=O) groups excluding carboxylic acids is 2. The maximum atomic E-state index is 14.1. The molecule has 1 unspecified atom stereocenters. The van der Waals surface area contributed by atoms with Gasteiger partial charge in [-0.3, -0.25) is 4.79 Å². The van der Waals surface area contributed by atoms with E-state index in [9.17, 15) is 9.59 Å².